The van der Waals surface area contributed by atoms with Crippen molar-refractivity contribution in [3.63, 3.8) is 0 Å². The molecule has 0 aliphatic rings. The zero-order valence-electron chi connectivity index (χ0n) is 12.3. The molecule has 124 valence electrons. The molecule has 0 unspecified atom stereocenters. The van der Waals surface area contributed by atoms with Gasteiger partial charge in [0.05, 0.1) is 16.0 Å². The average Bonchev–Trinajstić information content (AvgIpc) is 3.16. The van der Waals surface area contributed by atoms with Crippen LogP contribution in [0.25, 0.3) is 10.2 Å². The van der Waals surface area contributed by atoms with Crippen LogP contribution in [0.15, 0.2) is 35.2 Å². The molecule has 0 saturated carbocycles. The number of thiazole rings is 1. The number of anilines is 2. The minimum Gasteiger partial charge on any atom is -0.357 e. The number of carbonyl (C=O) groups excluding carboxylic acids is 1. The smallest absolute Gasteiger partial charge is 0.236 e. The number of amides is 1. The summed E-state index contributed by atoms with van der Waals surface area (Å²) >= 11 is 3.91. The number of thioether (sulfide) groups is 1. The van der Waals surface area contributed by atoms with Crippen molar-refractivity contribution in [3.05, 3.63) is 36.7 Å². The number of rotatable bonds is 7. The Bertz CT molecular complexity index is 878. The highest BCUT2D eigenvalue weighted by atomic mass is 32.2. The molecule has 2 N–H and O–H groups in total. The van der Waals surface area contributed by atoms with Gasteiger partial charge in [0.2, 0.25) is 11.0 Å². The lowest BCUT2D eigenvalue weighted by Gasteiger charge is -1.98. The number of fused-ring (bicyclic) bond motifs is 1. The van der Waals surface area contributed by atoms with Crippen LogP contribution in [0.1, 0.15) is 0 Å². The van der Waals surface area contributed by atoms with E-state index in [1.807, 2.05) is 0 Å². The molecule has 6 nitrogen and oxygen atoms in total. The fourth-order valence-corrected chi connectivity index (χ4v) is 4.20. The van der Waals surface area contributed by atoms with Crippen LogP contribution < -0.4 is 10.6 Å². The lowest BCUT2D eigenvalue weighted by molar-refractivity contribution is -0.113. The average molecular weight is 381 g/mol. The Morgan fingerprint density at radius 2 is 2.21 bits per heavy atom. The second-order valence-corrected chi connectivity index (χ2v) is 7.74. The standard InChI is InChI=1S/C14H12FN5OS3/c1-2-5-16-12-19-20-14(24-12)22-7-11(21)18-13-17-9-4-3-8(15)6-10(9)23-13/h2-4,6H,1,5,7H2,(H,16,19)(H,17,18,21). The van der Waals surface area contributed by atoms with Gasteiger partial charge < -0.3 is 10.6 Å². The Morgan fingerprint density at radius 1 is 1.33 bits per heavy atom. The molecule has 0 fully saturated rings. The van der Waals surface area contributed by atoms with Crippen LogP contribution in [-0.4, -0.2) is 33.4 Å². The zero-order valence-corrected chi connectivity index (χ0v) is 14.7. The quantitative estimate of drug-likeness (QED) is 0.481. The van der Waals surface area contributed by atoms with Gasteiger partial charge in [0.25, 0.3) is 0 Å². The predicted molar refractivity (Wildman–Crippen MR) is 97.5 cm³/mol. The molecule has 0 atom stereocenters. The molecule has 10 heteroatoms. The molecule has 0 aliphatic carbocycles. The van der Waals surface area contributed by atoms with E-state index in [9.17, 15) is 9.18 Å². The predicted octanol–water partition coefficient (Wildman–Crippen LogP) is 3.62. The molecule has 0 radical (unpaired) electrons. The van der Waals surface area contributed by atoms with Gasteiger partial charge in [-0.3, -0.25) is 4.79 Å². The third kappa shape index (κ3) is 4.28. The normalized spacial score (nSPS) is 10.7. The van der Waals surface area contributed by atoms with Crippen LogP contribution in [0.5, 0.6) is 0 Å². The number of hydrogen-bond donors (Lipinski definition) is 2. The summed E-state index contributed by atoms with van der Waals surface area (Å²) in [5.41, 5.74) is 0.659. The highest BCUT2D eigenvalue weighted by Crippen LogP contribution is 2.28. The van der Waals surface area contributed by atoms with Gasteiger partial charge in [0.1, 0.15) is 5.82 Å². The maximum Gasteiger partial charge on any atom is 0.236 e. The fraction of sp³-hybridized carbons (Fsp3) is 0.143. The van der Waals surface area contributed by atoms with Crippen molar-refractivity contribution in [2.24, 2.45) is 0 Å². The van der Waals surface area contributed by atoms with Gasteiger partial charge in [0.15, 0.2) is 9.47 Å². The molecule has 0 spiro atoms. The van der Waals surface area contributed by atoms with Crippen molar-refractivity contribution in [3.8, 4) is 0 Å². The first-order chi connectivity index (χ1) is 11.6. The van der Waals surface area contributed by atoms with Crippen LogP contribution in [0.2, 0.25) is 0 Å². The van der Waals surface area contributed by atoms with E-state index in [1.165, 1.54) is 46.6 Å². The Labute approximate surface area is 149 Å². The summed E-state index contributed by atoms with van der Waals surface area (Å²) in [4.78, 5) is 16.2. The number of nitrogens with zero attached hydrogens (tertiary/aromatic N) is 3. The van der Waals surface area contributed by atoms with Gasteiger partial charge in [-0.15, -0.1) is 16.8 Å². The van der Waals surface area contributed by atoms with Gasteiger partial charge >= 0.3 is 0 Å². The Kier molecular flexibility index (Phi) is 5.38. The lowest BCUT2D eigenvalue weighted by atomic mass is 10.3. The molecule has 3 rings (SSSR count). The van der Waals surface area contributed by atoms with E-state index in [1.54, 1.807) is 12.1 Å². The van der Waals surface area contributed by atoms with Crippen molar-refractivity contribution in [2.75, 3.05) is 22.9 Å². The molecular weight excluding hydrogens is 369 g/mol. The van der Waals surface area contributed by atoms with E-state index in [0.717, 1.165) is 0 Å². The van der Waals surface area contributed by atoms with Crippen LogP contribution in [0, 0.1) is 5.82 Å². The number of hydrogen-bond acceptors (Lipinski definition) is 8. The van der Waals surface area contributed by atoms with E-state index in [-0.39, 0.29) is 17.5 Å². The van der Waals surface area contributed by atoms with Gasteiger partial charge in [-0.2, -0.15) is 0 Å². The minimum atomic E-state index is -0.322. The number of nitrogens with one attached hydrogen (secondary N) is 2. The largest absolute Gasteiger partial charge is 0.357 e. The molecule has 24 heavy (non-hydrogen) atoms. The molecule has 2 aromatic heterocycles. The SMILES string of the molecule is C=CCNc1nnc(SCC(=O)Nc2nc3ccc(F)cc3s2)s1. The maximum absolute atomic E-state index is 13.2. The molecule has 0 bridgehead atoms. The minimum absolute atomic E-state index is 0.195. The molecule has 0 saturated heterocycles. The van der Waals surface area contributed by atoms with E-state index >= 15 is 0 Å². The summed E-state index contributed by atoms with van der Waals surface area (Å²) in [7, 11) is 0. The molecule has 3 aromatic rings. The maximum atomic E-state index is 13.2. The van der Waals surface area contributed by atoms with Crippen molar-refractivity contribution >= 4 is 60.8 Å². The summed E-state index contributed by atoms with van der Waals surface area (Å²) in [6, 6.07) is 4.33. The first-order valence-corrected chi connectivity index (χ1v) is 9.43. The molecule has 2 heterocycles. The van der Waals surface area contributed by atoms with E-state index in [4.69, 9.17) is 0 Å². The third-order valence-electron chi connectivity index (χ3n) is 2.73. The summed E-state index contributed by atoms with van der Waals surface area (Å²) in [6.07, 6.45) is 1.73. The second kappa shape index (κ2) is 7.69. The molecule has 0 aliphatic heterocycles. The fourth-order valence-electron chi connectivity index (χ4n) is 1.73. The lowest BCUT2D eigenvalue weighted by Crippen LogP contribution is -2.13. The van der Waals surface area contributed by atoms with Gasteiger partial charge in [-0.1, -0.05) is 40.5 Å². The monoisotopic (exact) mass is 381 g/mol. The molecule has 1 amide bonds. The second-order valence-electron chi connectivity index (χ2n) is 4.51. The highest BCUT2D eigenvalue weighted by Gasteiger charge is 2.11. The number of aromatic nitrogens is 3. The number of halogens is 1. The summed E-state index contributed by atoms with van der Waals surface area (Å²) in [6.45, 7) is 4.22. The van der Waals surface area contributed by atoms with Gasteiger partial charge in [-0.05, 0) is 18.2 Å². The highest BCUT2D eigenvalue weighted by molar-refractivity contribution is 8.01. The third-order valence-corrected chi connectivity index (χ3v) is 5.68. The summed E-state index contributed by atoms with van der Waals surface area (Å²) in [5, 5.41) is 14.8. The van der Waals surface area contributed by atoms with Crippen LogP contribution >= 0.6 is 34.4 Å². The number of carbonyl (C=O) groups is 1. The van der Waals surface area contributed by atoms with Crippen molar-refractivity contribution in [1.82, 2.24) is 15.2 Å². The van der Waals surface area contributed by atoms with Crippen LogP contribution in [-0.2, 0) is 4.79 Å². The first kappa shape index (κ1) is 16.8. The zero-order chi connectivity index (χ0) is 16.9. The van der Waals surface area contributed by atoms with Gasteiger partial charge in [0, 0.05) is 6.54 Å². The van der Waals surface area contributed by atoms with Crippen molar-refractivity contribution in [1.29, 1.82) is 0 Å². The topological polar surface area (TPSA) is 79.8 Å². The van der Waals surface area contributed by atoms with Crippen LogP contribution in [0.3, 0.4) is 0 Å². The van der Waals surface area contributed by atoms with Crippen molar-refractivity contribution < 1.29 is 9.18 Å². The Morgan fingerprint density at radius 3 is 3.04 bits per heavy atom. The van der Waals surface area contributed by atoms with Gasteiger partial charge in [-0.25, -0.2) is 9.37 Å². The Balaban J connectivity index is 1.54. The summed E-state index contributed by atoms with van der Waals surface area (Å²) in [5.74, 6) is -0.326. The first-order valence-electron chi connectivity index (χ1n) is 6.81. The molecule has 1 aromatic carbocycles. The summed E-state index contributed by atoms with van der Waals surface area (Å²) < 4.78 is 14.6. The Hall–Kier alpha value is -2.04. The van der Waals surface area contributed by atoms with E-state index < -0.39 is 0 Å². The van der Waals surface area contributed by atoms with Crippen molar-refractivity contribution in [2.45, 2.75) is 4.34 Å². The van der Waals surface area contributed by atoms with E-state index in [2.05, 4.69) is 32.4 Å². The molecular formula is C14H12FN5OS3. The van der Waals surface area contributed by atoms with Crippen LogP contribution in [0.4, 0.5) is 14.7 Å². The number of benzene rings is 1. The van der Waals surface area contributed by atoms with E-state index in [0.29, 0.717) is 31.4 Å².